The molecule has 3 saturated carbocycles. The lowest BCUT2D eigenvalue weighted by Gasteiger charge is -2.52. The number of rotatable bonds is 5. The fourth-order valence-corrected chi connectivity index (χ4v) is 14.3. The molecule has 0 aromatic heterocycles. The Morgan fingerprint density at radius 2 is 0.963 bits per heavy atom. The van der Waals surface area contributed by atoms with E-state index in [9.17, 15) is 0 Å². The zero-order valence-electron chi connectivity index (χ0n) is 17.6. The molecule has 0 saturated heterocycles. The molecule has 3 fully saturated rings. The Balaban J connectivity index is 1.78. The standard InChI is InChI=1S/C25H41NP/c1-26(22-14-6-2-7-15-22)27(23-16-8-3-9-17-23,24-18-10-4-11-19-24)25-20-12-5-13-21-25/h2,6-7,14-15,23-25H,3-5,8-13,16-21H2,1H3/q+1. The first-order valence-corrected chi connectivity index (χ1v) is 14.0. The van der Waals surface area contributed by atoms with Crippen LogP contribution in [0.15, 0.2) is 30.3 Å². The molecule has 0 N–H and O–H groups in total. The molecule has 3 aliphatic rings. The van der Waals surface area contributed by atoms with Crippen LogP contribution in [-0.2, 0) is 0 Å². The van der Waals surface area contributed by atoms with Crippen molar-refractivity contribution < 1.29 is 0 Å². The molecule has 2 heteroatoms. The summed E-state index contributed by atoms with van der Waals surface area (Å²) in [5.41, 5.74) is 4.57. The summed E-state index contributed by atoms with van der Waals surface area (Å²) in [5, 5.41) is 0. The van der Waals surface area contributed by atoms with Crippen molar-refractivity contribution in [3.05, 3.63) is 30.3 Å². The lowest BCUT2D eigenvalue weighted by Crippen LogP contribution is -2.44. The van der Waals surface area contributed by atoms with Crippen LogP contribution < -0.4 is 4.67 Å². The third-order valence-corrected chi connectivity index (χ3v) is 14.5. The van der Waals surface area contributed by atoms with Gasteiger partial charge in [-0.1, -0.05) is 37.5 Å². The average Bonchev–Trinajstić information content (AvgIpc) is 2.77. The van der Waals surface area contributed by atoms with Crippen molar-refractivity contribution in [2.45, 2.75) is 113 Å². The summed E-state index contributed by atoms with van der Waals surface area (Å²) in [6.07, 6.45) is 22.6. The van der Waals surface area contributed by atoms with E-state index in [0.29, 0.717) is 0 Å². The van der Waals surface area contributed by atoms with E-state index in [2.05, 4.69) is 42.0 Å². The number of anilines is 1. The van der Waals surface area contributed by atoms with Crippen LogP contribution in [0.3, 0.4) is 0 Å². The monoisotopic (exact) mass is 386 g/mol. The van der Waals surface area contributed by atoms with Gasteiger partial charge in [0, 0.05) is 7.05 Å². The van der Waals surface area contributed by atoms with E-state index in [1.807, 2.05) is 0 Å². The number of benzene rings is 1. The summed E-state index contributed by atoms with van der Waals surface area (Å²) >= 11 is 0. The molecule has 0 aliphatic heterocycles. The Morgan fingerprint density at radius 3 is 1.33 bits per heavy atom. The molecule has 1 aromatic rings. The lowest BCUT2D eigenvalue weighted by molar-refractivity contribution is 0.450. The molecule has 150 valence electrons. The van der Waals surface area contributed by atoms with Crippen molar-refractivity contribution in [2.75, 3.05) is 11.7 Å². The third kappa shape index (κ3) is 3.96. The van der Waals surface area contributed by atoms with E-state index >= 15 is 0 Å². The summed E-state index contributed by atoms with van der Waals surface area (Å²) in [6, 6.07) is 11.5. The molecule has 0 heterocycles. The van der Waals surface area contributed by atoms with Gasteiger partial charge in [-0.25, -0.2) is 0 Å². The van der Waals surface area contributed by atoms with Crippen LogP contribution in [0.2, 0.25) is 0 Å². The summed E-state index contributed by atoms with van der Waals surface area (Å²) in [7, 11) is 1.33. The first-order valence-electron chi connectivity index (χ1n) is 12.0. The van der Waals surface area contributed by atoms with Gasteiger partial charge in [0.1, 0.15) is 7.41 Å². The summed E-state index contributed by atoms with van der Waals surface area (Å²) in [4.78, 5) is 0. The minimum Gasteiger partial charge on any atom is -0.251 e. The predicted octanol–water partition coefficient (Wildman–Crippen LogP) is 8.05. The maximum absolute atomic E-state index is 2.95. The second-order valence-corrected chi connectivity index (χ2v) is 13.9. The largest absolute Gasteiger partial charge is 0.251 e. The van der Waals surface area contributed by atoms with E-state index < -0.39 is 7.41 Å². The van der Waals surface area contributed by atoms with Crippen LogP contribution >= 0.6 is 7.41 Å². The van der Waals surface area contributed by atoms with Crippen molar-refractivity contribution in [2.24, 2.45) is 0 Å². The van der Waals surface area contributed by atoms with Crippen LogP contribution in [-0.4, -0.2) is 24.0 Å². The maximum atomic E-state index is 2.95. The van der Waals surface area contributed by atoms with Crippen LogP contribution in [0, 0.1) is 0 Å². The van der Waals surface area contributed by atoms with Crippen molar-refractivity contribution in [1.29, 1.82) is 0 Å². The van der Waals surface area contributed by atoms with Gasteiger partial charge in [-0.05, 0) is 89.2 Å². The fraction of sp³-hybridized carbons (Fsp3) is 0.760. The van der Waals surface area contributed by atoms with Crippen LogP contribution in [0.5, 0.6) is 0 Å². The molecular formula is C25H41NP+. The Morgan fingerprint density at radius 1 is 0.593 bits per heavy atom. The highest BCUT2D eigenvalue weighted by Crippen LogP contribution is 2.79. The van der Waals surface area contributed by atoms with E-state index in [1.165, 1.54) is 102 Å². The molecule has 27 heavy (non-hydrogen) atoms. The highest BCUT2D eigenvalue weighted by atomic mass is 31.2. The van der Waals surface area contributed by atoms with Gasteiger partial charge in [0.05, 0.1) is 22.7 Å². The molecule has 0 spiro atoms. The van der Waals surface area contributed by atoms with Crippen molar-refractivity contribution in [1.82, 2.24) is 0 Å². The summed E-state index contributed by atoms with van der Waals surface area (Å²) in [6.45, 7) is 0. The third-order valence-electron chi connectivity index (χ3n) is 8.13. The molecule has 0 bridgehead atoms. The van der Waals surface area contributed by atoms with Gasteiger partial charge in [0.25, 0.3) is 0 Å². The zero-order valence-corrected chi connectivity index (χ0v) is 18.5. The molecule has 0 atom stereocenters. The second kappa shape index (κ2) is 9.30. The first-order chi connectivity index (χ1) is 13.3. The zero-order chi connectivity index (χ0) is 18.5. The molecular weight excluding hydrogens is 345 g/mol. The Labute approximate surface area is 168 Å². The van der Waals surface area contributed by atoms with Crippen LogP contribution in [0.1, 0.15) is 96.3 Å². The van der Waals surface area contributed by atoms with E-state index in [-0.39, 0.29) is 0 Å². The van der Waals surface area contributed by atoms with Gasteiger partial charge in [-0.2, -0.15) is 0 Å². The normalized spacial score (nSPS) is 24.0. The molecule has 0 radical (unpaired) electrons. The van der Waals surface area contributed by atoms with Crippen LogP contribution in [0.25, 0.3) is 0 Å². The average molecular weight is 387 g/mol. The number of para-hydroxylation sites is 1. The van der Waals surface area contributed by atoms with Gasteiger partial charge in [-0.3, -0.25) is 4.67 Å². The van der Waals surface area contributed by atoms with Gasteiger partial charge in [0.15, 0.2) is 0 Å². The van der Waals surface area contributed by atoms with Crippen molar-refractivity contribution in [3.8, 4) is 0 Å². The number of nitrogens with zero attached hydrogens (tertiary/aromatic N) is 1. The lowest BCUT2D eigenvalue weighted by atomic mass is 9.99. The quantitative estimate of drug-likeness (QED) is 0.463. The highest BCUT2D eigenvalue weighted by molar-refractivity contribution is 7.79. The SMILES string of the molecule is CN(c1ccccc1)[P+](C1CCCCC1)(C1CCCCC1)C1CCCCC1. The van der Waals surface area contributed by atoms with E-state index in [4.69, 9.17) is 0 Å². The van der Waals surface area contributed by atoms with Crippen molar-refractivity contribution >= 4 is 13.1 Å². The molecule has 3 aliphatic carbocycles. The highest BCUT2D eigenvalue weighted by Gasteiger charge is 2.60. The minimum absolute atomic E-state index is 1.02. The van der Waals surface area contributed by atoms with Gasteiger partial charge >= 0.3 is 0 Å². The van der Waals surface area contributed by atoms with Gasteiger partial charge < -0.3 is 0 Å². The van der Waals surface area contributed by atoms with Gasteiger partial charge in [0.2, 0.25) is 0 Å². The summed E-state index contributed by atoms with van der Waals surface area (Å²) in [5.74, 6) is 0. The number of hydrogen-bond donors (Lipinski definition) is 0. The fourth-order valence-electron chi connectivity index (χ4n) is 6.96. The maximum Gasteiger partial charge on any atom is 0.114 e. The summed E-state index contributed by atoms with van der Waals surface area (Å²) < 4.78 is 2.95. The second-order valence-electron chi connectivity index (χ2n) is 9.53. The molecule has 1 nitrogen and oxygen atoms in total. The van der Waals surface area contributed by atoms with Gasteiger partial charge in [-0.15, -0.1) is 0 Å². The van der Waals surface area contributed by atoms with Crippen molar-refractivity contribution in [3.63, 3.8) is 0 Å². The molecule has 0 unspecified atom stereocenters. The number of hydrogen-bond acceptors (Lipinski definition) is 1. The first kappa shape index (κ1) is 19.8. The Kier molecular flexibility index (Phi) is 6.80. The minimum atomic E-state index is -1.20. The van der Waals surface area contributed by atoms with E-state index in [1.54, 1.807) is 0 Å². The Hall–Kier alpha value is -0.550. The predicted molar refractivity (Wildman–Crippen MR) is 122 cm³/mol. The molecule has 4 rings (SSSR count). The van der Waals surface area contributed by atoms with E-state index in [0.717, 1.165) is 17.0 Å². The molecule has 1 aromatic carbocycles. The van der Waals surface area contributed by atoms with Crippen LogP contribution in [0.4, 0.5) is 5.69 Å². The Bertz CT molecular complexity index is 507. The topological polar surface area (TPSA) is 3.24 Å². The smallest absolute Gasteiger partial charge is 0.114 e. The molecule has 0 amide bonds.